The van der Waals surface area contributed by atoms with E-state index in [9.17, 15) is 14.4 Å². The van der Waals surface area contributed by atoms with Crippen LogP contribution in [0, 0.1) is 0 Å². The maximum absolute atomic E-state index is 11.6. The van der Waals surface area contributed by atoms with E-state index in [1.165, 1.54) is 13.2 Å². The zero-order valence-electron chi connectivity index (χ0n) is 12.6. The van der Waals surface area contributed by atoms with Crippen molar-refractivity contribution in [2.45, 2.75) is 13.3 Å². The molecule has 1 rings (SSSR count). The van der Waals surface area contributed by atoms with Gasteiger partial charge in [-0.3, -0.25) is 14.5 Å². The Bertz CT molecular complexity index is 401. The van der Waals surface area contributed by atoms with E-state index in [2.05, 4.69) is 15.0 Å². The predicted octanol–water partition coefficient (Wildman–Crippen LogP) is -0.614. The van der Waals surface area contributed by atoms with Crippen LogP contribution in [0.2, 0.25) is 0 Å². The molecule has 0 aromatic rings. The normalized spacial score (nSPS) is 16.0. The lowest BCUT2D eigenvalue weighted by Gasteiger charge is -2.33. The van der Waals surface area contributed by atoms with Crippen LogP contribution in [-0.4, -0.2) is 74.0 Å². The van der Waals surface area contributed by atoms with Crippen LogP contribution >= 0.6 is 0 Å². The molecule has 1 N–H and O–H groups in total. The molecule has 0 radical (unpaired) electrons. The van der Waals surface area contributed by atoms with Gasteiger partial charge in [-0.25, -0.2) is 4.79 Å². The molecule has 0 spiro atoms. The summed E-state index contributed by atoms with van der Waals surface area (Å²) in [4.78, 5) is 37.6. The molecule has 0 saturated carbocycles. The van der Waals surface area contributed by atoms with Gasteiger partial charge in [0.2, 0.25) is 11.8 Å². The number of methoxy groups -OCH3 is 1. The molecular weight excluding hydrogens is 274 g/mol. The van der Waals surface area contributed by atoms with Crippen molar-refractivity contribution in [2.75, 3.05) is 46.4 Å². The zero-order valence-corrected chi connectivity index (χ0v) is 12.6. The number of hydrogen-bond acceptors (Lipinski definition) is 5. The fourth-order valence-electron chi connectivity index (χ4n) is 2.03. The first-order chi connectivity index (χ1) is 10.0. The highest BCUT2D eigenvalue weighted by atomic mass is 16.5. The smallest absolute Gasteiger partial charge is 0.330 e. The molecule has 7 nitrogen and oxygen atoms in total. The molecule has 1 saturated heterocycles. The maximum Gasteiger partial charge on any atom is 0.330 e. The second-order valence-electron chi connectivity index (χ2n) is 4.83. The van der Waals surface area contributed by atoms with Gasteiger partial charge >= 0.3 is 5.97 Å². The van der Waals surface area contributed by atoms with Gasteiger partial charge in [0.25, 0.3) is 0 Å². The van der Waals surface area contributed by atoms with E-state index in [-0.39, 0.29) is 11.8 Å². The second-order valence-corrected chi connectivity index (χ2v) is 4.83. The summed E-state index contributed by atoms with van der Waals surface area (Å²) in [5, 5.41) is 2.70. The third-order valence-electron chi connectivity index (χ3n) is 3.34. The Morgan fingerprint density at radius 1 is 1.19 bits per heavy atom. The molecule has 0 aromatic carbocycles. The molecule has 118 valence electrons. The van der Waals surface area contributed by atoms with E-state index >= 15 is 0 Å². The number of esters is 1. The Balaban J connectivity index is 2.12. The minimum absolute atomic E-state index is 0.0569. The molecule has 0 bridgehead atoms. The number of nitrogens with zero attached hydrogens (tertiary/aromatic N) is 2. The minimum Gasteiger partial charge on any atom is -0.466 e. The summed E-state index contributed by atoms with van der Waals surface area (Å²) in [6, 6.07) is 0. The molecule has 0 aliphatic carbocycles. The van der Waals surface area contributed by atoms with Gasteiger partial charge in [-0.15, -0.1) is 0 Å². The summed E-state index contributed by atoms with van der Waals surface area (Å²) in [7, 11) is 1.30. The number of ether oxygens (including phenoxy) is 1. The summed E-state index contributed by atoms with van der Waals surface area (Å²) in [5.74, 6) is -0.393. The standard InChI is InChI=1S/C14H23N3O4/c1-12(18)17-10-8-16(9-11-17)7-5-13(19)15-6-3-4-14(20)21-2/h3-4H,5-11H2,1-2H3,(H,15,19)/b4-3+. The van der Waals surface area contributed by atoms with Crippen molar-refractivity contribution in [3.05, 3.63) is 12.2 Å². The van der Waals surface area contributed by atoms with Gasteiger partial charge < -0.3 is 15.0 Å². The number of nitrogens with one attached hydrogen (secondary N) is 1. The summed E-state index contributed by atoms with van der Waals surface area (Å²) in [6.07, 6.45) is 3.24. The van der Waals surface area contributed by atoms with Gasteiger partial charge in [0.1, 0.15) is 0 Å². The van der Waals surface area contributed by atoms with Crippen molar-refractivity contribution in [1.29, 1.82) is 0 Å². The van der Waals surface area contributed by atoms with Crippen LogP contribution < -0.4 is 5.32 Å². The van der Waals surface area contributed by atoms with Gasteiger partial charge in [-0.1, -0.05) is 6.08 Å². The molecule has 1 heterocycles. The van der Waals surface area contributed by atoms with Crippen LogP contribution in [0.25, 0.3) is 0 Å². The average molecular weight is 297 g/mol. The molecule has 0 atom stereocenters. The minimum atomic E-state index is -0.437. The lowest BCUT2D eigenvalue weighted by molar-refractivity contribution is -0.135. The second kappa shape index (κ2) is 9.12. The third kappa shape index (κ3) is 6.89. The Labute approximate surface area is 124 Å². The quantitative estimate of drug-likeness (QED) is 0.522. The molecule has 1 aliphatic rings. The molecule has 0 aromatic heterocycles. The number of piperazine rings is 1. The molecule has 1 aliphatic heterocycles. The first kappa shape index (κ1) is 17.2. The third-order valence-corrected chi connectivity index (χ3v) is 3.34. The molecule has 21 heavy (non-hydrogen) atoms. The fraction of sp³-hybridized carbons (Fsp3) is 0.643. The Morgan fingerprint density at radius 3 is 2.43 bits per heavy atom. The highest BCUT2D eigenvalue weighted by Gasteiger charge is 2.18. The van der Waals surface area contributed by atoms with E-state index in [1.807, 2.05) is 4.90 Å². The first-order valence-electron chi connectivity index (χ1n) is 7.02. The van der Waals surface area contributed by atoms with Crippen molar-refractivity contribution < 1.29 is 19.1 Å². The van der Waals surface area contributed by atoms with Crippen LogP contribution in [0.1, 0.15) is 13.3 Å². The number of hydrogen-bond donors (Lipinski definition) is 1. The Morgan fingerprint density at radius 2 is 1.86 bits per heavy atom. The number of carbonyl (C=O) groups excluding carboxylic acids is 3. The van der Waals surface area contributed by atoms with Crippen molar-refractivity contribution >= 4 is 17.8 Å². The molecular formula is C14H23N3O4. The summed E-state index contributed by atoms with van der Waals surface area (Å²) in [5.41, 5.74) is 0. The zero-order chi connectivity index (χ0) is 15.7. The van der Waals surface area contributed by atoms with E-state index in [4.69, 9.17) is 0 Å². The van der Waals surface area contributed by atoms with Gasteiger partial charge in [-0.05, 0) is 0 Å². The van der Waals surface area contributed by atoms with Gasteiger partial charge in [-0.2, -0.15) is 0 Å². The van der Waals surface area contributed by atoms with Crippen LogP contribution in [0.3, 0.4) is 0 Å². The SMILES string of the molecule is COC(=O)/C=C/CNC(=O)CCN1CCN(C(C)=O)CC1. The lowest BCUT2D eigenvalue weighted by Crippen LogP contribution is -2.48. The molecule has 1 fully saturated rings. The molecule has 2 amide bonds. The van der Waals surface area contributed by atoms with Crippen molar-refractivity contribution in [3.63, 3.8) is 0 Å². The highest BCUT2D eigenvalue weighted by molar-refractivity contribution is 5.82. The van der Waals surface area contributed by atoms with Crippen molar-refractivity contribution in [2.24, 2.45) is 0 Å². The summed E-state index contributed by atoms with van der Waals surface area (Å²) >= 11 is 0. The van der Waals surface area contributed by atoms with Crippen LogP contribution in [-0.2, 0) is 19.1 Å². The Kier molecular flexibility index (Phi) is 7.45. The van der Waals surface area contributed by atoms with Gasteiger partial charge in [0, 0.05) is 58.7 Å². The van der Waals surface area contributed by atoms with Gasteiger partial charge in [0.15, 0.2) is 0 Å². The number of amides is 2. The van der Waals surface area contributed by atoms with E-state index in [1.54, 1.807) is 13.0 Å². The predicted molar refractivity (Wildman–Crippen MR) is 77.5 cm³/mol. The molecule has 7 heteroatoms. The van der Waals surface area contributed by atoms with Crippen molar-refractivity contribution in [3.8, 4) is 0 Å². The largest absolute Gasteiger partial charge is 0.466 e. The van der Waals surface area contributed by atoms with Crippen LogP contribution in [0.4, 0.5) is 0 Å². The van der Waals surface area contributed by atoms with E-state index < -0.39 is 5.97 Å². The monoisotopic (exact) mass is 297 g/mol. The van der Waals surface area contributed by atoms with Crippen LogP contribution in [0.5, 0.6) is 0 Å². The number of rotatable bonds is 6. The van der Waals surface area contributed by atoms with E-state index in [0.29, 0.717) is 19.5 Å². The van der Waals surface area contributed by atoms with Gasteiger partial charge in [0.05, 0.1) is 7.11 Å². The maximum atomic E-state index is 11.6. The lowest BCUT2D eigenvalue weighted by atomic mass is 10.3. The Hall–Kier alpha value is -1.89. The topological polar surface area (TPSA) is 79.0 Å². The number of carbonyl (C=O) groups is 3. The summed E-state index contributed by atoms with van der Waals surface area (Å²) < 4.78 is 4.44. The molecule has 0 unspecified atom stereocenters. The summed E-state index contributed by atoms with van der Waals surface area (Å²) in [6.45, 7) is 5.61. The first-order valence-corrected chi connectivity index (χ1v) is 7.02. The van der Waals surface area contributed by atoms with E-state index in [0.717, 1.165) is 26.2 Å². The fourth-order valence-corrected chi connectivity index (χ4v) is 2.03. The van der Waals surface area contributed by atoms with Crippen molar-refractivity contribution in [1.82, 2.24) is 15.1 Å². The van der Waals surface area contributed by atoms with Crippen LogP contribution in [0.15, 0.2) is 12.2 Å². The highest BCUT2D eigenvalue weighted by Crippen LogP contribution is 2.02. The average Bonchev–Trinajstić information content (AvgIpc) is 2.49.